The summed E-state index contributed by atoms with van der Waals surface area (Å²) in [5, 5.41) is 0. The van der Waals surface area contributed by atoms with Crippen LogP contribution in [0.25, 0.3) is 0 Å². The average molecular weight is 206 g/mol. The molecular formula is C12H14O3. The molecule has 1 unspecified atom stereocenters. The highest BCUT2D eigenvalue weighted by Crippen LogP contribution is 2.21. The molecule has 3 heteroatoms. The average Bonchev–Trinajstić information content (AvgIpc) is 2.31. The maximum absolute atomic E-state index is 10.8. The van der Waals surface area contributed by atoms with Gasteiger partial charge in [-0.15, -0.1) is 0 Å². The second-order valence-corrected chi connectivity index (χ2v) is 3.26. The Morgan fingerprint density at radius 3 is 2.40 bits per heavy atom. The summed E-state index contributed by atoms with van der Waals surface area (Å²) in [7, 11) is 1.60. The van der Waals surface area contributed by atoms with Gasteiger partial charge in [0.25, 0.3) is 0 Å². The lowest BCUT2D eigenvalue weighted by Crippen LogP contribution is -2.00. The van der Waals surface area contributed by atoms with Crippen LogP contribution >= 0.6 is 0 Å². The molecule has 1 aromatic rings. The van der Waals surface area contributed by atoms with E-state index in [9.17, 15) is 9.59 Å². The Kier molecular flexibility index (Phi) is 4.54. The van der Waals surface area contributed by atoms with Crippen LogP contribution in [0.2, 0.25) is 0 Å². The van der Waals surface area contributed by atoms with Crippen LogP contribution < -0.4 is 4.74 Å². The van der Waals surface area contributed by atoms with E-state index >= 15 is 0 Å². The topological polar surface area (TPSA) is 43.4 Å². The first-order valence-corrected chi connectivity index (χ1v) is 4.84. The summed E-state index contributed by atoms with van der Waals surface area (Å²) in [6, 6.07) is 7.32. The molecule has 0 bridgehead atoms. The van der Waals surface area contributed by atoms with Crippen LogP contribution in [0.4, 0.5) is 0 Å². The minimum absolute atomic E-state index is 0.193. The monoisotopic (exact) mass is 206 g/mol. The summed E-state index contributed by atoms with van der Waals surface area (Å²) >= 11 is 0. The quantitative estimate of drug-likeness (QED) is 0.668. The van der Waals surface area contributed by atoms with Gasteiger partial charge in [0.05, 0.1) is 7.11 Å². The fourth-order valence-electron chi connectivity index (χ4n) is 1.41. The highest BCUT2D eigenvalue weighted by Gasteiger charge is 2.09. The SMILES string of the molecule is COc1ccc(C(C=O)CCC=O)cc1. The number of benzene rings is 1. The summed E-state index contributed by atoms with van der Waals surface area (Å²) in [6.07, 6.45) is 2.69. The van der Waals surface area contributed by atoms with Crippen molar-refractivity contribution in [2.24, 2.45) is 0 Å². The number of hydrogen-bond donors (Lipinski definition) is 0. The van der Waals surface area contributed by atoms with Crippen LogP contribution in [0.1, 0.15) is 24.3 Å². The maximum Gasteiger partial charge on any atom is 0.127 e. The zero-order valence-corrected chi connectivity index (χ0v) is 8.68. The Morgan fingerprint density at radius 1 is 1.27 bits per heavy atom. The van der Waals surface area contributed by atoms with E-state index in [1.807, 2.05) is 24.3 Å². The first kappa shape index (κ1) is 11.4. The molecule has 0 fully saturated rings. The van der Waals surface area contributed by atoms with Gasteiger partial charge in [0.1, 0.15) is 18.3 Å². The molecule has 0 aliphatic heterocycles. The number of hydrogen-bond acceptors (Lipinski definition) is 3. The van der Waals surface area contributed by atoms with E-state index in [0.29, 0.717) is 12.8 Å². The van der Waals surface area contributed by atoms with Crippen molar-refractivity contribution >= 4 is 12.6 Å². The summed E-state index contributed by atoms with van der Waals surface area (Å²) < 4.78 is 5.02. The van der Waals surface area contributed by atoms with Crippen LogP contribution in [0.15, 0.2) is 24.3 Å². The summed E-state index contributed by atoms with van der Waals surface area (Å²) in [5.41, 5.74) is 0.924. The van der Waals surface area contributed by atoms with Crippen molar-refractivity contribution in [2.75, 3.05) is 7.11 Å². The molecule has 1 rings (SSSR count). The van der Waals surface area contributed by atoms with Crippen molar-refractivity contribution in [1.29, 1.82) is 0 Å². The number of carbonyl (C=O) groups is 2. The Bertz CT molecular complexity index is 316. The van der Waals surface area contributed by atoms with Gasteiger partial charge in [-0.05, 0) is 24.1 Å². The summed E-state index contributed by atoms with van der Waals surface area (Å²) in [5.74, 6) is 0.569. The second-order valence-electron chi connectivity index (χ2n) is 3.26. The first-order chi connectivity index (χ1) is 7.31. The third-order valence-corrected chi connectivity index (χ3v) is 2.30. The van der Waals surface area contributed by atoms with Gasteiger partial charge in [0.2, 0.25) is 0 Å². The summed E-state index contributed by atoms with van der Waals surface area (Å²) in [4.78, 5) is 21.0. The molecule has 15 heavy (non-hydrogen) atoms. The van der Waals surface area contributed by atoms with Crippen LogP contribution in [0.5, 0.6) is 5.75 Å². The Labute approximate surface area is 89.1 Å². The van der Waals surface area contributed by atoms with Crippen molar-refractivity contribution in [3.05, 3.63) is 29.8 Å². The molecule has 0 aliphatic carbocycles. The van der Waals surface area contributed by atoms with Crippen LogP contribution in [-0.4, -0.2) is 19.7 Å². The van der Waals surface area contributed by atoms with Gasteiger partial charge in [-0.25, -0.2) is 0 Å². The molecule has 0 N–H and O–H groups in total. The summed E-state index contributed by atoms with van der Waals surface area (Å²) in [6.45, 7) is 0. The third kappa shape index (κ3) is 3.20. The van der Waals surface area contributed by atoms with E-state index < -0.39 is 0 Å². The highest BCUT2D eigenvalue weighted by molar-refractivity contribution is 5.63. The molecule has 0 spiro atoms. The number of aldehydes is 2. The van der Waals surface area contributed by atoms with Crippen molar-refractivity contribution < 1.29 is 14.3 Å². The molecule has 0 amide bonds. The van der Waals surface area contributed by atoms with Gasteiger partial charge in [0.15, 0.2) is 0 Å². The fourth-order valence-corrected chi connectivity index (χ4v) is 1.41. The molecule has 0 saturated heterocycles. The van der Waals surface area contributed by atoms with Gasteiger partial charge in [-0.2, -0.15) is 0 Å². The normalized spacial score (nSPS) is 11.8. The Morgan fingerprint density at radius 2 is 1.93 bits per heavy atom. The minimum Gasteiger partial charge on any atom is -0.497 e. The molecule has 80 valence electrons. The third-order valence-electron chi connectivity index (χ3n) is 2.30. The van der Waals surface area contributed by atoms with Gasteiger partial charge in [0, 0.05) is 12.3 Å². The highest BCUT2D eigenvalue weighted by atomic mass is 16.5. The van der Waals surface area contributed by atoms with Gasteiger partial charge in [-0.3, -0.25) is 0 Å². The largest absolute Gasteiger partial charge is 0.497 e. The van der Waals surface area contributed by atoms with Crippen molar-refractivity contribution in [3.8, 4) is 5.75 Å². The minimum atomic E-state index is -0.193. The van der Waals surface area contributed by atoms with Gasteiger partial charge < -0.3 is 14.3 Å². The lowest BCUT2D eigenvalue weighted by Gasteiger charge is -2.09. The number of ether oxygens (including phenoxy) is 1. The van der Waals surface area contributed by atoms with Crippen molar-refractivity contribution in [3.63, 3.8) is 0 Å². The first-order valence-electron chi connectivity index (χ1n) is 4.84. The van der Waals surface area contributed by atoms with E-state index in [0.717, 1.165) is 23.9 Å². The lowest BCUT2D eigenvalue weighted by atomic mass is 9.96. The molecule has 0 aliphatic rings. The second kappa shape index (κ2) is 5.96. The Balaban J connectivity index is 2.73. The maximum atomic E-state index is 10.8. The van der Waals surface area contributed by atoms with Crippen LogP contribution in [-0.2, 0) is 9.59 Å². The van der Waals surface area contributed by atoms with E-state index in [1.165, 1.54) is 0 Å². The molecule has 1 atom stereocenters. The smallest absolute Gasteiger partial charge is 0.127 e. The molecule has 3 nitrogen and oxygen atoms in total. The predicted molar refractivity (Wildman–Crippen MR) is 57.1 cm³/mol. The lowest BCUT2D eigenvalue weighted by molar-refractivity contribution is -0.109. The van der Waals surface area contributed by atoms with Gasteiger partial charge in [-0.1, -0.05) is 12.1 Å². The van der Waals surface area contributed by atoms with Crippen molar-refractivity contribution in [2.45, 2.75) is 18.8 Å². The molecule has 0 aromatic heterocycles. The number of carbonyl (C=O) groups excluding carboxylic acids is 2. The fraction of sp³-hybridized carbons (Fsp3) is 0.333. The predicted octanol–water partition coefficient (Wildman–Crippen LogP) is 1.96. The van der Waals surface area contributed by atoms with Crippen molar-refractivity contribution in [1.82, 2.24) is 0 Å². The molecule has 0 saturated carbocycles. The van der Waals surface area contributed by atoms with E-state index in [4.69, 9.17) is 4.74 Å². The standard InChI is InChI=1S/C12H14O3/c1-15-12-6-4-10(5-7-12)11(9-14)3-2-8-13/h4-9,11H,2-3H2,1H3. The molecular weight excluding hydrogens is 192 g/mol. The molecule has 1 aromatic carbocycles. The van der Waals surface area contributed by atoms with E-state index in [1.54, 1.807) is 7.11 Å². The van der Waals surface area contributed by atoms with E-state index in [2.05, 4.69) is 0 Å². The number of rotatable bonds is 6. The van der Waals surface area contributed by atoms with Gasteiger partial charge >= 0.3 is 0 Å². The Hall–Kier alpha value is -1.64. The van der Waals surface area contributed by atoms with E-state index in [-0.39, 0.29) is 5.92 Å². The molecule has 0 heterocycles. The van der Waals surface area contributed by atoms with Crippen LogP contribution in [0.3, 0.4) is 0 Å². The zero-order valence-electron chi connectivity index (χ0n) is 8.68. The molecule has 0 radical (unpaired) electrons. The zero-order chi connectivity index (χ0) is 11.1. The van der Waals surface area contributed by atoms with Crippen LogP contribution in [0, 0.1) is 0 Å². The number of methoxy groups -OCH3 is 1.